The van der Waals surface area contributed by atoms with Crippen molar-refractivity contribution in [3.63, 3.8) is 0 Å². The van der Waals surface area contributed by atoms with Crippen molar-refractivity contribution in [2.45, 2.75) is 25.4 Å². The molecule has 3 rings (SSSR count). The molecule has 0 aliphatic carbocycles. The van der Waals surface area contributed by atoms with E-state index in [0.717, 1.165) is 24.0 Å². The summed E-state index contributed by atoms with van der Waals surface area (Å²) >= 11 is 6.14. The van der Waals surface area contributed by atoms with E-state index in [1.54, 1.807) is 0 Å². The van der Waals surface area contributed by atoms with Gasteiger partial charge >= 0.3 is 0 Å². The lowest BCUT2D eigenvalue weighted by molar-refractivity contribution is -0.132. The number of aliphatic hydroxyl groups is 1. The zero-order valence-electron chi connectivity index (χ0n) is 13.6. The molecule has 1 aliphatic heterocycles. The van der Waals surface area contributed by atoms with Gasteiger partial charge < -0.3 is 10.0 Å². The van der Waals surface area contributed by atoms with Crippen LogP contribution in [-0.2, 0) is 11.2 Å². The summed E-state index contributed by atoms with van der Waals surface area (Å²) in [5.41, 5.74) is 1.83. The maximum Gasteiger partial charge on any atom is 0.227 e. The first-order chi connectivity index (χ1) is 11.6. The van der Waals surface area contributed by atoms with Crippen LogP contribution >= 0.6 is 11.6 Å². The van der Waals surface area contributed by atoms with E-state index in [2.05, 4.69) is 0 Å². The standard InChI is InChI=1S/C20H22ClNO2/c21-18-9-5-4-8-17(18)14-19(23)22-12-10-16(11-13-22)20(24)15-6-2-1-3-7-15/h1-9,16,20,24H,10-14H2. The number of nitrogens with zero attached hydrogens (tertiary/aromatic N) is 1. The zero-order valence-corrected chi connectivity index (χ0v) is 14.3. The molecule has 1 unspecified atom stereocenters. The summed E-state index contributed by atoms with van der Waals surface area (Å²) in [5.74, 6) is 0.313. The van der Waals surface area contributed by atoms with Crippen molar-refractivity contribution in [2.24, 2.45) is 5.92 Å². The average molecular weight is 344 g/mol. The van der Waals surface area contributed by atoms with Gasteiger partial charge in [0.15, 0.2) is 0 Å². The van der Waals surface area contributed by atoms with Crippen molar-refractivity contribution < 1.29 is 9.90 Å². The van der Waals surface area contributed by atoms with Crippen LogP contribution in [0.15, 0.2) is 54.6 Å². The summed E-state index contributed by atoms with van der Waals surface area (Å²) in [6, 6.07) is 17.2. The molecular formula is C20H22ClNO2. The van der Waals surface area contributed by atoms with Gasteiger partial charge in [0.05, 0.1) is 12.5 Å². The fraction of sp³-hybridized carbons (Fsp3) is 0.350. The van der Waals surface area contributed by atoms with E-state index in [-0.39, 0.29) is 11.8 Å². The molecule has 24 heavy (non-hydrogen) atoms. The number of halogens is 1. The number of hydrogen-bond acceptors (Lipinski definition) is 2. The molecule has 1 atom stereocenters. The average Bonchev–Trinajstić information content (AvgIpc) is 2.64. The topological polar surface area (TPSA) is 40.5 Å². The normalized spacial score (nSPS) is 16.8. The Morgan fingerprint density at radius 3 is 2.38 bits per heavy atom. The molecule has 0 bridgehead atoms. The summed E-state index contributed by atoms with van der Waals surface area (Å²) in [6.45, 7) is 1.38. The van der Waals surface area contributed by atoms with Gasteiger partial charge in [0.2, 0.25) is 5.91 Å². The first kappa shape index (κ1) is 17.0. The number of carbonyl (C=O) groups excluding carboxylic acids is 1. The molecular weight excluding hydrogens is 322 g/mol. The predicted octanol–water partition coefficient (Wildman–Crippen LogP) is 3.85. The van der Waals surface area contributed by atoms with Gasteiger partial charge in [-0.2, -0.15) is 0 Å². The summed E-state index contributed by atoms with van der Waals surface area (Å²) in [7, 11) is 0. The van der Waals surface area contributed by atoms with Crippen LogP contribution in [0.3, 0.4) is 0 Å². The molecule has 4 heteroatoms. The molecule has 0 saturated carbocycles. The number of amides is 1. The second-order valence-corrected chi connectivity index (χ2v) is 6.75. The van der Waals surface area contributed by atoms with E-state index in [1.165, 1.54) is 0 Å². The number of aliphatic hydroxyl groups excluding tert-OH is 1. The second-order valence-electron chi connectivity index (χ2n) is 6.34. The molecule has 1 saturated heterocycles. The van der Waals surface area contributed by atoms with E-state index in [9.17, 15) is 9.90 Å². The molecule has 0 spiro atoms. The lowest BCUT2D eigenvalue weighted by atomic mass is 9.87. The van der Waals surface area contributed by atoms with E-state index >= 15 is 0 Å². The molecule has 2 aromatic carbocycles. The number of rotatable bonds is 4. The molecule has 1 amide bonds. The Kier molecular flexibility index (Phi) is 5.54. The summed E-state index contributed by atoms with van der Waals surface area (Å²) in [5, 5.41) is 11.2. The van der Waals surface area contributed by atoms with Gasteiger partial charge in [-0.3, -0.25) is 4.79 Å². The van der Waals surface area contributed by atoms with Crippen LogP contribution < -0.4 is 0 Å². The Labute approximate surface area is 147 Å². The highest BCUT2D eigenvalue weighted by atomic mass is 35.5. The van der Waals surface area contributed by atoms with Crippen LogP contribution in [-0.4, -0.2) is 29.0 Å². The van der Waals surface area contributed by atoms with Crippen LogP contribution in [0.2, 0.25) is 5.02 Å². The number of piperidine rings is 1. The van der Waals surface area contributed by atoms with Crippen molar-refractivity contribution in [2.75, 3.05) is 13.1 Å². The van der Waals surface area contributed by atoms with Gasteiger partial charge in [-0.1, -0.05) is 60.1 Å². The number of carbonyl (C=O) groups is 1. The van der Waals surface area contributed by atoms with Gasteiger partial charge in [0.1, 0.15) is 0 Å². The van der Waals surface area contributed by atoms with Gasteiger partial charge in [-0.15, -0.1) is 0 Å². The molecule has 1 N–H and O–H groups in total. The van der Waals surface area contributed by atoms with Crippen LogP contribution in [0.5, 0.6) is 0 Å². The molecule has 0 aromatic heterocycles. The van der Waals surface area contributed by atoms with Crippen LogP contribution in [0.1, 0.15) is 30.1 Å². The predicted molar refractivity (Wildman–Crippen MR) is 95.9 cm³/mol. The monoisotopic (exact) mass is 343 g/mol. The minimum atomic E-state index is -0.452. The third-order valence-electron chi connectivity index (χ3n) is 4.78. The highest BCUT2D eigenvalue weighted by Gasteiger charge is 2.28. The highest BCUT2D eigenvalue weighted by molar-refractivity contribution is 6.31. The fourth-order valence-corrected chi connectivity index (χ4v) is 3.51. The third-order valence-corrected chi connectivity index (χ3v) is 5.15. The van der Waals surface area contributed by atoms with Crippen LogP contribution in [0, 0.1) is 5.92 Å². The van der Waals surface area contributed by atoms with Gasteiger partial charge in [0.25, 0.3) is 0 Å². The summed E-state index contributed by atoms with van der Waals surface area (Å²) < 4.78 is 0. The van der Waals surface area contributed by atoms with Crippen LogP contribution in [0.4, 0.5) is 0 Å². The quantitative estimate of drug-likeness (QED) is 0.915. The number of likely N-dealkylation sites (tertiary alicyclic amines) is 1. The molecule has 1 aliphatic rings. The Hall–Kier alpha value is -1.84. The molecule has 3 nitrogen and oxygen atoms in total. The van der Waals surface area contributed by atoms with Crippen molar-refractivity contribution in [1.29, 1.82) is 0 Å². The Morgan fingerprint density at radius 2 is 1.71 bits per heavy atom. The Balaban J connectivity index is 1.55. The first-order valence-corrected chi connectivity index (χ1v) is 8.77. The van der Waals surface area contributed by atoms with Gasteiger partial charge in [-0.25, -0.2) is 0 Å². The second kappa shape index (κ2) is 7.82. The van der Waals surface area contributed by atoms with E-state index in [4.69, 9.17) is 11.6 Å². The SMILES string of the molecule is O=C(Cc1ccccc1Cl)N1CCC(C(O)c2ccccc2)CC1. The fourth-order valence-electron chi connectivity index (χ4n) is 3.30. The summed E-state index contributed by atoms with van der Waals surface area (Å²) in [4.78, 5) is 14.4. The minimum Gasteiger partial charge on any atom is -0.388 e. The maximum absolute atomic E-state index is 12.5. The van der Waals surface area contributed by atoms with Crippen LogP contribution in [0.25, 0.3) is 0 Å². The molecule has 1 fully saturated rings. The third kappa shape index (κ3) is 3.97. The molecule has 1 heterocycles. The minimum absolute atomic E-state index is 0.107. The molecule has 2 aromatic rings. The Bertz CT molecular complexity index is 681. The summed E-state index contributed by atoms with van der Waals surface area (Å²) in [6.07, 6.45) is 1.53. The lowest BCUT2D eigenvalue weighted by Crippen LogP contribution is -2.40. The van der Waals surface area contributed by atoms with E-state index in [1.807, 2.05) is 59.5 Å². The molecule has 0 radical (unpaired) electrons. The number of benzene rings is 2. The van der Waals surface area contributed by atoms with Crippen molar-refractivity contribution in [1.82, 2.24) is 4.90 Å². The number of hydrogen-bond donors (Lipinski definition) is 1. The van der Waals surface area contributed by atoms with Crippen molar-refractivity contribution >= 4 is 17.5 Å². The van der Waals surface area contributed by atoms with Crippen molar-refractivity contribution in [3.8, 4) is 0 Å². The molecule has 126 valence electrons. The van der Waals surface area contributed by atoms with Gasteiger partial charge in [-0.05, 0) is 36.0 Å². The van der Waals surface area contributed by atoms with Gasteiger partial charge in [0, 0.05) is 18.1 Å². The lowest BCUT2D eigenvalue weighted by Gasteiger charge is -2.34. The smallest absolute Gasteiger partial charge is 0.227 e. The van der Waals surface area contributed by atoms with E-state index < -0.39 is 6.10 Å². The maximum atomic E-state index is 12.5. The first-order valence-electron chi connectivity index (χ1n) is 8.39. The Morgan fingerprint density at radius 1 is 1.08 bits per heavy atom. The van der Waals surface area contributed by atoms with E-state index in [0.29, 0.717) is 24.5 Å². The van der Waals surface area contributed by atoms with Crippen molar-refractivity contribution in [3.05, 3.63) is 70.7 Å². The highest BCUT2D eigenvalue weighted by Crippen LogP contribution is 2.30. The largest absolute Gasteiger partial charge is 0.388 e. The zero-order chi connectivity index (χ0) is 16.9.